The zero-order valence-electron chi connectivity index (χ0n) is 18.6. The van der Waals surface area contributed by atoms with Crippen molar-refractivity contribution in [1.29, 1.82) is 0 Å². The first-order valence-electron chi connectivity index (χ1n) is 11.6. The molecule has 1 aromatic rings. The van der Waals surface area contributed by atoms with E-state index in [1.54, 1.807) is 6.07 Å². The smallest absolute Gasteiger partial charge is 0.309 e. The molecule has 2 fully saturated rings. The fourth-order valence-corrected chi connectivity index (χ4v) is 5.94. The molecule has 0 radical (unpaired) electrons. The number of carbonyl (C=O) groups excluding carboxylic acids is 2. The lowest BCUT2D eigenvalue weighted by Gasteiger charge is -2.34. The summed E-state index contributed by atoms with van der Waals surface area (Å²) in [5, 5.41) is 5.33. The van der Waals surface area contributed by atoms with Crippen molar-refractivity contribution < 1.29 is 32.2 Å². The number of nitrogens with zero attached hydrogens (tertiary/aromatic N) is 1. The molecule has 33 heavy (non-hydrogen) atoms. The first-order valence-corrected chi connectivity index (χ1v) is 13.0. The van der Waals surface area contributed by atoms with Crippen LogP contribution in [0, 0.1) is 0 Å². The van der Waals surface area contributed by atoms with Crippen LogP contribution in [0.25, 0.3) is 0 Å². The van der Waals surface area contributed by atoms with Crippen molar-refractivity contribution in [3.8, 4) is 11.5 Å². The molecule has 2 amide bonds. The lowest BCUT2D eigenvalue weighted by molar-refractivity contribution is -0.140. The van der Waals surface area contributed by atoms with Crippen LogP contribution in [-0.2, 0) is 24.3 Å². The number of amides is 2. The zero-order valence-corrected chi connectivity index (χ0v) is 19.4. The molecule has 1 atom stereocenters. The van der Waals surface area contributed by atoms with Gasteiger partial charge in [-0.15, -0.1) is 0 Å². The molecular weight excluding hydrogens is 450 g/mol. The summed E-state index contributed by atoms with van der Waals surface area (Å²) in [7, 11) is -3.92. The van der Waals surface area contributed by atoms with Gasteiger partial charge in [-0.05, 0) is 31.4 Å². The lowest BCUT2D eigenvalue weighted by atomic mass is 10.1. The summed E-state index contributed by atoms with van der Waals surface area (Å²) in [5.41, 5.74) is 0. The minimum absolute atomic E-state index is 0.00349. The predicted octanol–water partition coefficient (Wildman–Crippen LogP) is 1.15. The number of nitrogens with one attached hydrogen (secondary N) is 2. The van der Waals surface area contributed by atoms with Crippen LogP contribution < -0.4 is 20.1 Å². The van der Waals surface area contributed by atoms with E-state index in [4.69, 9.17) is 14.2 Å². The summed E-state index contributed by atoms with van der Waals surface area (Å²) in [4.78, 5) is 24.7. The van der Waals surface area contributed by atoms with Crippen LogP contribution in [0.2, 0.25) is 0 Å². The van der Waals surface area contributed by atoms with E-state index in [9.17, 15) is 18.0 Å². The van der Waals surface area contributed by atoms with E-state index in [0.29, 0.717) is 37.7 Å². The minimum Gasteiger partial charge on any atom is -0.486 e. The second-order valence-electron chi connectivity index (χ2n) is 8.47. The van der Waals surface area contributed by atoms with Crippen molar-refractivity contribution >= 4 is 21.8 Å². The Balaban J connectivity index is 1.38. The fraction of sp³-hybridized carbons (Fsp3) is 0.636. The molecule has 182 valence electrons. The molecule has 2 heterocycles. The molecule has 0 aromatic heterocycles. The molecule has 2 N–H and O–H groups in total. The Kier molecular flexibility index (Phi) is 7.71. The van der Waals surface area contributed by atoms with Gasteiger partial charge in [0.05, 0.1) is 18.0 Å². The van der Waals surface area contributed by atoms with Crippen molar-refractivity contribution in [3.63, 3.8) is 0 Å². The molecule has 10 nitrogen and oxygen atoms in total. The maximum absolute atomic E-state index is 13.3. The number of ether oxygens (including phenoxy) is 3. The van der Waals surface area contributed by atoms with Crippen LogP contribution in [0.15, 0.2) is 23.1 Å². The summed E-state index contributed by atoms with van der Waals surface area (Å²) in [6.45, 7) is 1.24. The highest BCUT2D eigenvalue weighted by molar-refractivity contribution is 7.89. The molecule has 1 aliphatic carbocycles. The van der Waals surface area contributed by atoms with Crippen molar-refractivity contribution in [2.75, 3.05) is 32.9 Å². The van der Waals surface area contributed by atoms with Gasteiger partial charge < -0.3 is 24.8 Å². The number of hydrogen-bond donors (Lipinski definition) is 2. The van der Waals surface area contributed by atoms with Gasteiger partial charge in [-0.3, -0.25) is 9.59 Å². The molecule has 11 heteroatoms. The summed E-state index contributed by atoms with van der Waals surface area (Å²) < 4.78 is 44.5. The summed E-state index contributed by atoms with van der Waals surface area (Å²) in [5.74, 6) is -0.608. The molecule has 1 aromatic carbocycles. The fourth-order valence-electron chi connectivity index (χ4n) is 4.36. The molecule has 1 unspecified atom stereocenters. The second-order valence-corrected chi connectivity index (χ2v) is 10.4. The molecule has 3 aliphatic rings. The number of hydrogen-bond acceptors (Lipinski definition) is 7. The van der Waals surface area contributed by atoms with Gasteiger partial charge in [0, 0.05) is 18.7 Å². The third-order valence-electron chi connectivity index (χ3n) is 6.11. The average molecular weight is 482 g/mol. The SMILES string of the molecule is O=C(NCC1OCCCN1S(=O)(=O)c1ccc2c(c1)OCCO2)C(=O)NC1CCCCCC1. The van der Waals surface area contributed by atoms with Gasteiger partial charge in [-0.1, -0.05) is 25.7 Å². The molecular formula is C22H31N3O7S. The number of benzene rings is 1. The normalized spacial score (nSPS) is 22.2. The molecule has 0 bridgehead atoms. The standard InChI is InChI=1S/C22H31N3O7S/c26-21(22(27)24-16-6-3-1-2-4-7-16)23-15-20-25(10-5-11-32-20)33(28,29)17-8-9-18-19(14-17)31-13-12-30-18/h8-9,14,16,20H,1-7,10-13,15H2,(H,23,26)(H,24,27). The van der Waals surface area contributed by atoms with E-state index in [0.717, 1.165) is 38.5 Å². The van der Waals surface area contributed by atoms with Crippen molar-refractivity contribution in [2.24, 2.45) is 0 Å². The Morgan fingerprint density at radius 2 is 1.67 bits per heavy atom. The molecule has 1 saturated heterocycles. The summed E-state index contributed by atoms with van der Waals surface area (Å²) in [6, 6.07) is 4.48. The van der Waals surface area contributed by atoms with Crippen LogP contribution >= 0.6 is 0 Å². The van der Waals surface area contributed by atoms with E-state index >= 15 is 0 Å². The largest absolute Gasteiger partial charge is 0.486 e. The monoisotopic (exact) mass is 481 g/mol. The maximum atomic E-state index is 13.3. The number of sulfonamides is 1. The third-order valence-corrected chi connectivity index (χ3v) is 7.99. The van der Waals surface area contributed by atoms with E-state index < -0.39 is 28.1 Å². The van der Waals surface area contributed by atoms with Crippen LogP contribution in [0.3, 0.4) is 0 Å². The quantitative estimate of drug-likeness (QED) is 0.478. The van der Waals surface area contributed by atoms with Gasteiger partial charge >= 0.3 is 11.8 Å². The predicted molar refractivity (Wildman–Crippen MR) is 118 cm³/mol. The van der Waals surface area contributed by atoms with E-state index in [-0.39, 0.29) is 24.0 Å². The Morgan fingerprint density at radius 3 is 2.42 bits per heavy atom. The van der Waals surface area contributed by atoms with Gasteiger partial charge in [0.1, 0.15) is 19.4 Å². The highest BCUT2D eigenvalue weighted by atomic mass is 32.2. The summed E-state index contributed by atoms with van der Waals surface area (Å²) in [6.07, 6.45) is 5.71. The first-order chi connectivity index (χ1) is 15.9. The minimum atomic E-state index is -3.92. The lowest BCUT2D eigenvalue weighted by Crippen LogP contribution is -2.53. The second kappa shape index (κ2) is 10.7. The van der Waals surface area contributed by atoms with Crippen LogP contribution in [0.1, 0.15) is 44.9 Å². The van der Waals surface area contributed by atoms with Crippen molar-refractivity contribution in [2.45, 2.75) is 62.1 Å². The van der Waals surface area contributed by atoms with Gasteiger partial charge in [0.15, 0.2) is 11.5 Å². The molecule has 1 saturated carbocycles. The average Bonchev–Trinajstić information content (AvgIpc) is 3.11. The van der Waals surface area contributed by atoms with Crippen molar-refractivity contribution in [1.82, 2.24) is 14.9 Å². The number of fused-ring (bicyclic) bond motifs is 1. The third kappa shape index (κ3) is 5.77. The molecule has 0 spiro atoms. The number of rotatable bonds is 5. The Hall–Kier alpha value is -2.37. The van der Waals surface area contributed by atoms with Gasteiger partial charge in [-0.25, -0.2) is 8.42 Å². The highest BCUT2D eigenvalue weighted by Gasteiger charge is 2.35. The number of carbonyl (C=O) groups is 2. The van der Waals surface area contributed by atoms with Crippen molar-refractivity contribution in [3.05, 3.63) is 18.2 Å². The van der Waals surface area contributed by atoms with Gasteiger partial charge in [0.25, 0.3) is 0 Å². The van der Waals surface area contributed by atoms with E-state index in [1.807, 2.05) is 0 Å². The maximum Gasteiger partial charge on any atom is 0.309 e. The van der Waals surface area contributed by atoms with Crippen LogP contribution in [0.4, 0.5) is 0 Å². The Morgan fingerprint density at radius 1 is 0.939 bits per heavy atom. The van der Waals surface area contributed by atoms with Gasteiger partial charge in [-0.2, -0.15) is 4.31 Å². The molecule has 2 aliphatic heterocycles. The summed E-state index contributed by atoms with van der Waals surface area (Å²) >= 11 is 0. The van der Waals surface area contributed by atoms with Gasteiger partial charge in [0.2, 0.25) is 10.0 Å². The zero-order chi connectivity index (χ0) is 23.3. The Labute approximate surface area is 194 Å². The van der Waals surface area contributed by atoms with Crippen LogP contribution in [-0.4, -0.2) is 69.7 Å². The highest BCUT2D eigenvalue weighted by Crippen LogP contribution is 2.34. The topological polar surface area (TPSA) is 123 Å². The van der Waals surface area contributed by atoms with E-state index in [2.05, 4.69) is 10.6 Å². The molecule has 4 rings (SSSR count). The van der Waals surface area contributed by atoms with E-state index in [1.165, 1.54) is 16.4 Å². The van der Waals surface area contributed by atoms with Crippen LogP contribution in [0.5, 0.6) is 11.5 Å². The Bertz CT molecular complexity index is 961. The first kappa shape index (κ1) is 23.8.